The first-order chi connectivity index (χ1) is 9.29. The highest BCUT2D eigenvalue weighted by molar-refractivity contribution is 5.97. The third kappa shape index (κ3) is 1.83. The molecular weight excluding hydrogens is 240 g/mol. The number of nitrogens with one attached hydrogen (secondary N) is 1. The normalized spacial score (nSPS) is 28.9. The minimum absolute atomic E-state index is 0.0295. The van der Waals surface area contributed by atoms with Crippen molar-refractivity contribution in [2.24, 2.45) is 5.92 Å². The number of carbonyl (C=O) groups is 1. The van der Waals surface area contributed by atoms with Crippen LogP contribution in [-0.2, 0) is 0 Å². The van der Waals surface area contributed by atoms with Crippen LogP contribution in [0.3, 0.4) is 0 Å². The molecule has 19 heavy (non-hydrogen) atoms. The largest absolute Gasteiger partial charge is 0.464 e. The smallest absolute Gasteiger partial charge is 0.251 e. The SMILES string of the molecule is O=C(N[C@@H]1CN2CC[C@@H]1C2)c1ccc2occc2c1. The van der Waals surface area contributed by atoms with Gasteiger partial charge in [0.05, 0.1) is 6.26 Å². The van der Waals surface area contributed by atoms with Crippen molar-refractivity contribution in [3.05, 3.63) is 36.1 Å². The van der Waals surface area contributed by atoms with Crippen LogP contribution in [0, 0.1) is 5.92 Å². The summed E-state index contributed by atoms with van der Waals surface area (Å²) < 4.78 is 5.29. The summed E-state index contributed by atoms with van der Waals surface area (Å²) in [6.45, 7) is 3.34. The second-order valence-electron chi connectivity index (χ2n) is 5.56. The molecule has 1 unspecified atom stereocenters. The lowest BCUT2D eigenvalue weighted by atomic mass is 9.99. The van der Waals surface area contributed by atoms with E-state index in [0.29, 0.717) is 17.5 Å². The summed E-state index contributed by atoms with van der Waals surface area (Å²) in [4.78, 5) is 14.7. The molecule has 1 N–H and O–H groups in total. The maximum Gasteiger partial charge on any atom is 0.251 e. The van der Waals surface area contributed by atoms with Crippen molar-refractivity contribution in [2.45, 2.75) is 12.5 Å². The summed E-state index contributed by atoms with van der Waals surface area (Å²) in [6.07, 6.45) is 2.86. The van der Waals surface area contributed by atoms with Gasteiger partial charge in [-0.05, 0) is 43.1 Å². The van der Waals surface area contributed by atoms with E-state index in [2.05, 4.69) is 10.2 Å². The van der Waals surface area contributed by atoms with Crippen LogP contribution in [0.2, 0.25) is 0 Å². The molecule has 0 aliphatic carbocycles. The Morgan fingerprint density at radius 1 is 1.32 bits per heavy atom. The molecule has 3 heterocycles. The molecule has 2 aromatic rings. The molecule has 4 nitrogen and oxygen atoms in total. The number of amides is 1. The summed E-state index contributed by atoms with van der Waals surface area (Å²) in [5, 5.41) is 4.15. The van der Waals surface area contributed by atoms with E-state index in [-0.39, 0.29) is 5.91 Å². The van der Waals surface area contributed by atoms with Crippen LogP contribution in [0.15, 0.2) is 34.9 Å². The molecule has 3 atom stereocenters. The van der Waals surface area contributed by atoms with Crippen molar-refractivity contribution in [3.8, 4) is 0 Å². The number of benzene rings is 1. The summed E-state index contributed by atoms with van der Waals surface area (Å²) in [6, 6.07) is 7.78. The Balaban J connectivity index is 1.53. The Hall–Kier alpha value is -1.81. The number of piperidine rings is 1. The van der Waals surface area contributed by atoms with Gasteiger partial charge in [-0.2, -0.15) is 0 Å². The van der Waals surface area contributed by atoms with Crippen LogP contribution in [0.1, 0.15) is 16.8 Å². The minimum atomic E-state index is 0.0295. The Morgan fingerprint density at radius 2 is 2.26 bits per heavy atom. The van der Waals surface area contributed by atoms with Gasteiger partial charge in [0.25, 0.3) is 5.91 Å². The summed E-state index contributed by atoms with van der Waals surface area (Å²) in [5.41, 5.74) is 1.54. The molecule has 1 amide bonds. The Labute approximate surface area is 111 Å². The number of rotatable bonds is 2. The highest BCUT2D eigenvalue weighted by Gasteiger charge is 2.38. The van der Waals surface area contributed by atoms with Crippen LogP contribution in [0.25, 0.3) is 11.0 Å². The molecule has 1 aromatic heterocycles. The molecule has 0 saturated carbocycles. The van der Waals surface area contributed by atoms with E-state index in [4.69, 9.17) is 4.42 Å². The number of fused-ring (bicyclic) bond motifs is 3. The van der Waals surface area contributed by atoms with E-state index in [1.165, 1.54) is 13.0 Å². The highest BCUT2D eigenvalue weighted by Crippen LogP contribution is 2.28. The van der Waals surface area contributed by atoms with E-state index in [1.807, 2.05) is 24.3 Å². The van der Waals surface area contributed by atoms with Crippen molar-refractivity contribution in [1.29, 1.82) is 0 Å². The van der Waals surface area contributed by atoms with Gasteiger partial charge in [0.1, 0.15) is 5.58 Å². The number of furan rings is 1. The van der Waals surface area contributed by atoms with Crippen LogP contribution >= 0.6 is 0 Å². The van der Waals surface area contributed by atoms with Crippen molar-refractivity contribution in [1.82, 2.24) is 10.2 Å². The average molecular weight is 256 g/mol. The van der Waals surface area contributed by atoms with Gasteiger partial charge in [-0.25, -0.2) is 0 Å². The molecule has 2 fully saturated rings. The van der Waals surface area contributed by atoms with Crippen LogP contribution in [0.5, 0.6) is 0 Å². The standard InChI is InChI=1S/C15H16N2O2/c18-15(16-13-9-17-5-3-12(13)8-17)11-1-2-14-10(7-11)4-6-19-14/h1-2,4,6-7,12-13H,3,5,8-9H2,(H,16,18)/t12-,13-/m1/s1. The zero-order chi connectivity index (χ0) is 12.8. The van der Waals surface area contributed by atoms with Crippen molar-refractivity contribution in [2.75, 3.05) is 19.6 Å². The van der Waals surface area contributed by atoms with E-state index < -0.39 is 0 Å². The molecule has 2 aliphatic heterocycles. The van der Waals surface area contributed by atoms with Gasteiger partial charge in [-0.1, -0.05) is 0 Å². The van der Waals surface area contributed by atoms with Gasteiger partial charge in [0.2, 0.25) is 0 Å². The monoisotopic (exact) mass is 256 g/mol. The van der Waals surface area contributed by atoms with Gasteiger partial charge in [0.15, 0.2) is 0 Å². The number of hydrogen-bond acceptors (Lipinski definition) is 3. The maximum absolute atomic E-state index is 12.3. The summed E-state index contributed by atoms with van der Waals surface area (Å²) in [7, 11) is 0. The molecule has 0 radical (unpaired) electrons. The predicted molar refractivity (Wildman–Crippen MR) is 72.0 cm³/mol. The average Bonchev–Trinajstić information content (AvgIpc) is 3.13. The van der Waals surface area contributed by atoms with E-state index in [9.17, 15) is 4.79 Å². The first-order valence-corrected chi connectivity index (χ1v) is 6.80. The molecule has 98 valence electrons. The van der Waals surface area contributed by atoms with Crippen molar-refractivity contribution < 1.29 is 9.21 Å². The molecule has 2 bridgehead atoms. The van der Waals surface area contributed by atoms with Crippen molar-refractivity contribution >= 4 is 16.9 Å². The van der Waals surface area contributed by atoms with Crippen LogP contribution in [-0.4, -0.2) is 36.5 Å². The molecule has 4 rings (SSSR count). The van der Waals surface area contributed by atoms with E-state index in [0.717, 1.165) is 24.1 Å². The predicted octanol–water partition coefficient (Wildman–Crippen LogP) is 1.87. The Morgan fingerprint density at radius 3 is 3.05 bits per heavy atom. The number of nitrogens with zero attached hydrogens (tertiary/aromatic N) is 1. The quantitative estimate of drug-likeness (QED) is 0.892. The molecule has 4 heteroatoms. The van der Waals surface area contributed by atoms with Crippen LogP contribution in [0.4, 0.5) is 0 Å². The number of carbonyl (C=O) groups excluding carboxylic acids is 1. The van der Waals surface area contributed by atoms with Gasteiger partial charge in [0, 0.05) is 30.1 Å². The third-order valence-electron chi connectivity index (χ3n) is 4.36. The van der Waals surface area contributed by atoms with Gasteiger partial charge < -0.3 is 14.6 Å². The zero-order valence-corrected chi connectivity index (χ0v) is 10.6. The van der Waals surface area contributed by atoms with Gasteiger partial charge >= 0.3 is 0 Å². The van der Waals surface area contributed by atoms with E-state index in [1.54, 1.807) is 6.26 Å². The maximum atomic E-state index is 12.3. The van der Waals surface area contributed by atoms with Gasteiger partial charge in [-0.3, -0.25) is 4.79 Å². The fourth-order valence-corrected chi connectivity index (χ4v) is 3.31. The second-order valence-corrected chi connectivity index (χ2v) is 5.56. The molecule has 0 spiro atoms. The first kappa shape index (κ1) is 11.1. The molecular formula is C15H16N2O2. The lowest BCUT2D eigenvalue weighted by Gasteiger charge is -2.23. The topological polar surface area (TPSA) is 45.5 Å². The number of hydrogen-bond donors (Lipinski definition) is 1. The highest BCUT2D eigenvalue weighted by atomic mass is 16.3. The molecule has 2 saturated heterocycles. The minimum Gasteiger partial charge on any atom is -0.464 e. The Kier molecular flexibility index (Phi) is 2.38. The lowest BCUT2D eigenvalue weighted by Crippen LogP contribution is -2.43. The van der Waals surface area contributed by atoms with E-state index >= 15 is 0 Å². The Bertz CT molecular complexity index is 634. The molecule has 2 aliphatic rings. The summed E-state index contributed by atoms with van der Waals surface area (Å²) >= 11 is 0. The zero-order valence-electron chi connectivity index (χ0n) is 10.6. The fraction of sp³-hybridized carbons (Fsp3) is 0.400. The lowest BCUT2D eigenvalue weighted by molar-refractivity contribution is 0.0924. The fourth-order valence-electron chi connectivity index (χ4n) is 3.31. The van der Waals surface area contributed by atoms with Crippen molar-refractivity contribution in [3.63, 3.8) is 0 Å². The summed E-state index contributed by atoms with van der Waals surface area (Å²) in [5.74, 6) is 0.670. The van der Waals surface area contributed by atoms with Gasteiger partial charge in [-0.15, -0.1) is 0 Å². The third-order valence-corrected chi connectivity index (χ3v) is 4.36. The molecule has 1 aromatic carbocycles. The van der Waals surface area contributed by atoms with Crippen LogP contribution < -0.4 is 5.32 Å². The first-order valence-electron chi connectivity index (χ1n) is 6.80. The second kappa shape index (κ2) is 4.10.